The summed E-state index contributed by atoms with van der Waals surface area (Å²) in [5, 5.41) is 12.5. The SMILES string of the molecule is CSCCC(CO)(CNC(=O)OC(C)(C)C)C(C)C. The summed E-state index contributed by atoms with van der Waals surface area (Å²) >= 11 is 1.75. The summed E-state index contributed by atoms with van der Waals surface area (Å²) in [4.78, 5) is 11.7. The number of ether oxygens (including phenoxy) is 1. The van der Waals surface area contributed by atoms with Crippen molar-refractivity contribution < 1.29 is 14.6 Å². The Morgan fingerprint density at radius 1 is 1.37 bits per heavy atom. The van der Waals surface area contributed by atoms with Crippen molar-refractivity contribution in [2.75, 3.05) is 25.2 Å². The molecule has 0 aromatic carbocycles. The number of rotatable bonds is 7. The van der Waals surface area contributed by atoms with Crippen molar-refractivity contribution in [3.8, 4) is 0 Å². The van der Waals surface area contributed by atoms with Gasteiger partial charge in [-0.25, -0.2) is 4.79 Å². The Kier molecular flexibility index (Phi) is 7.82. The van der Waals surface area contributed by atoms with Crippen LogP contribution < -0.4 is 5.32 Å². The first kappa shape index (κ1) is 18.6. The maximum atomic E-state index is 11.7. The Morgan fingerprint density at radius 2 is 1.95 bits per heavy atom. The van der Waals surface area contributed by atoms with Crippen LogP contribution >= 0.6 is 11.8 Å². The molecule has 0 bridgehead atoms. The molecule has 0 spiro atoms. The molecule has 0 aliphatic carbocycles. The van der Waals surface area contributed by atoms with E-state index in [1.54, 1.807) is 11.8 Å². The van der Waals surface area contributed by atoms with Gasteiger partial charge in [-0.05, 0) is 45.1 Å². The summed E-state index contributed by atoms with van der Waals surface area (Å²) in [6.45, 7) is 10.2. The Morgan fingerprint density at radius 3 is 2.32 bits per heavy atom. The first-order chi connectivity index (χ1) is 8.67. The topological polar surface area (TPSA) is 58.6 Å². The molecule has 19 heavy (non-hydrogen) atoms. The number of aliphatic hydroxyl groups excluding tert-OH is 1. The van der Waals surface area contributed by atoms with E-state index in [4.69, 9.17) is 4.74 Å². The third kappa shape index (κ3) is 7.06. The maximum Gasteiger partial charge on any atom is 0.407 e. The Bertz CT molecular complexity index is 276. The van der Waals surface area contributed by atoms with Gasteiger partial charge in [0.2, 0.25) is 0 Å². The van der Waals surface area contributed by atoms with Crippen LogP contribution in [0.25, 0.3) is 0 Å². The molecular formula is C14H29NO3S. The second-order valence-corrected chi connectivity index (χ2v) is 7.26. The fourth-order valence-electron chi connectivity index (χ4n) is 1.77. The van der Waals surface area contributed by atoms with E-state index in [0.29, 0.717) is 12.5 Å². The molecule has 4 nitrogen and oxygen atoms in total. The van der Waals surface area contributed by atoms with E-state index in [-0.39, 0.29) is 12.0 Å². The van der Waals surface area contributed by atoms with Gasteiger partial charge in [-0.3, -0.25) is 0 Å². The van der Waals surface area contributed by atoms with Gasteiger partial charge in [0.15, 0.2) is 0 Å². The number of nitrogens with one attached hydrogen (secondary N) is 1. The predicted octanol–water partition coefficient (Wildman–Crippen LogP) is 2.90. The summed E-state index contributed by atoms with van der Waals surface area (Å²) in [7, 11) is 0. The second kappa shape index (κ2) is 8.00. The van der Waals surface area contributed by atoms with Crippen molar-refractivity contribution in [3.63, 3.8) is 0 Å². The lowest BCUT2D eigenvalue weighted by Gasteiger charge is -2.36. The van der Waals surface area contributed by atoms with Crippen LogP contribution in [0.15, 0.2) is 0 Å². The molecule has 0 saturated carbocycles. The van der Waals surface area contributed by atoms with Crippen LogP contribution in [0.3, 0.4) is 0 Å². The minimum absolute atomic E-state index is 0.0705. The standard InChI is InChI=1S/C14H29NO3S/c1-11(2)14(10-16,7-8-19-6)9-15-12(17)18-13(3,4)5/h11,16H,7-10H2,1-6H3,(H,15,17). The fraction of sp³-hybridized carbons (Fsp3) is 0.929. The summed E-state index contributed by atoms with van der Waals surface area (Å²) in [6, 6.07) is 0. The van der Waals surface area contributed by atoms with Crippen LogP contribution in [-0.4, -0.2) is 42.0 Å². The molecule has 0 aromatic rings. The average molecular weight is 291 g/mol. The first-order valence-corrected chi connectivity index (χ1v) is 8.13. The molecular weight excluding hydrogens is 262 g/mol. The molecule has 0 aliphatic rings. The highest BCUT2D eigenvalue weighted by molar-refractivity contribution is 7.98. The summed E-state index contributed by atoms with van der Waals surface area (Å²) in [6.07, 6.45) is 2.50. The summed E-state index contributed by atoms with van der Waals surface area (Å²) in [5.41, 5.74) is -0.775. The van der Waals surface area contributed by atoms with Crippen LogP contribution in [0, 0.1) is 11.3 Å². The molecule has 0 aliphatic heterocycles. The van der Waals surface area contributed by atoms with Gasteiger partial charge in [0.25, 0.3) is 0 Å². The van der Waals surface area contributed by atoms with Crippen molar-refractivity contribution in [1.82, 2.24) is 5.32 Å². The van der Waals surface area contributed by atoms with Crippen molar-refractivity contribution in [3.05, 3.63) is 0 Å². The molecule has 0 radical (unpaired) electrons. The molecule has 114 valence electrons. The van der Waals surface area contributed by atoms with E-state index in [1.807, 2.05) is 27.0 Å². The molecule has 1 atom stereocenters. The molecule has 0 fully saturated rings. The van der Waals surface area contributed by atoms with Crippen molar-refractivity contribution in [2.45, 2.75) is 46.6 Å². The Balaban J connectivity index is 4.53. The van der Waals surface area contributed by atoms with E-state index in [9.17, 15) is 9.90 Å². The zero-order chi connectivity index (χ0) is 15.1. The molecule has 0 saturated heterocycles. The van der Waals surface area contributed by atoms with Crippen LogP contribution in [0.4, 0.5) is 4.79 Å². The zero-order valence-electron chi connectivity index (χ0n) is 13.1. The van der Waals surface area contributed by atoms with Gasteiger partial charge >= 0.3 is 6.09 Å². The summed E-state index contributed by atoms with van der Waals surface area (Å²) < 4.78 is 5.22. The van der Waals surface area contributed by atoms with Gasteiger partial charge in [-0.15, -0.1) is 0 Å². The minimum Gasteiger partial charge on any atom is -0.444 e. The highest BCUT2D eigenvalue weighted by atomic mass is 32.2. The van der Waals surface area contributed by atoms with Crippen LogP contribution in [-0.2, 0) is 4.74 Å². The number of thioether (sulfide) groups is 1. The first-order valence-electron chi connectivity index (χ1n) is 6.73. The molecule has 1 unspecified atom stereocenters. The third-order valence-corrected chi connectivity index (χ3v) is 3.94. The Hall–Kier alpha value is -0.420. The van der Waals surface area contributed by atoms with Gasteiger partial charge in [0.05, 0.1) is 6.61 Å². The molecule has 0 rings (SSSR count). The average Bonchev–Trinajstić information content (AvgIpc) is 2.27. The lowest BCUT2D eigenvalue weighted by atomic mass is 9.75. The van der Waals surface area contributed by atoms with Gasteiger partial charge in [0.1, 0.15) is 5.60 Å². The highest BCUT2D eigenvalue weighted by Gasteiger charge is 2.33. The lowest BCUT2D eigenvalue weighted by molar-refractivity contribution is 0.0386. The second-order valence-electron chi connectivity index (χ2n) is 6.27. The van der Waals surface area contributed by atoms with Gasteiger partial charge < -0.3 is 15.2 Å². The normalized spacial score (nSPS) is 15.2. The van der Waals surface area contributed by atoms with Crippen LogP contribution in [0.1, 0.15) is 41.0 Å². The summed E-state index contributed by atoms with van der Waals surface area (Å²) in [5.74, 6) is 1.26. The quantitative estimate of drug-likeness (QED) is 0.757. The molecule has 0 aromatic heterocycles. The number of carbonyl (C=O) groups is 1. The Labute approximate surface area is 121 Å². The molecule has 5 heteroatoms. The van der Waals surface area contributed by atoms with E-state index >= 15 is 0 Å². The minimum atomic E-state index is -0.497. The number of carbonyl (C=O) groups excluding carboxylic acids is 1. The van der Waals surface area contributed by atoms with Crippen LogP contribution in [0.2, 0.25) is 0 Å². The van der Waals surface area contributed by atoms with E-state index in [0.717, 1.165) is 12.2 Å². The van der Waals surface area contributed by atoms with Crippen LogP contribution in [0.5, 0.6) is 0 Å². The predicted molar refractivity (Wildman–Crippen MR) is 81.6 cm³/mol. The van der Waals surface area contributed by atoms with Crippen molar-refractivity contribution in [1.29, 1.82) is 0 Å². The number of hydrogen-bond donors (Lipinski definition) is 2. The fourth-order valence-corrected chi connectivity index (χ4v) is 2.38. The lowest BCUT2D eigenvalue weighted by Crippen LogP contribution is -2.45. The molecule has 1 amide bonds. The number of alkyl carbamates (subject to hydrolysis) is 1. The third-order valence-electron chi connectivity index (χ3n) is 3.33. The van der Waals surface area contributed by atoms with Gasteiger partial charge in [-0.1, -0.05) is 13.8 Å². The highest BCUT2D eigenvalue weighted by Crippen LogP contribution is 2.31. The van der Waals surface area contributed by atoms with Crippen molar-refractivity contribution in [2.24, 2.45) is 11.3 Å². The maximum absolute atomic E-state index is 11.7. The smallest absolute Gasteiger partial charge is 0.407 e. The number of aliphatic hydroxyl groups is 1. The molecule has 0 heterocycles. The molecule has 2 N–H and O–H groups in total. The van der Waals surface area contributed by atoms with Crippen molar-refractivity contribution >= 4 is 17.9 Å². The van der Waals surface area contributed by atoms with Gasteiger partial charge in [0, 0.05) is 12.0 Å². The zero-order valence-corrected chi connectivity index (χ0v) is 13.9. The largest absolute Gasteiger partial charge is 0.444 e. The van der Waals surface area contributed by atoms with Gasteiger partial charge in [-0.2, -0.15) is 11.8 Å². The number of hydrogen-bond acceptors (Lipinski definition) is 4. The number of amides is 1. The monoisotopic (exact) mass is 291 g/mol. The van der Waals surface area contributed by atoms with E-state index in [2.05, 4.69) is 19.2 Å². The van der Waals surface area contributed by atoms with E-state index < -0.39 is 11.7 Å². The van der Waals surface area contributed by atoms with E-state index in [1.165, 1.54) is 0 Å².